The molecule has 0 amide bonds. The molecule has 0 atom stereocenters. The summed E-state index contributed by atoms with van der Waals surface area (Å²) in [5, 5.41) is 0. The molecule has 0 aromatic rings. The molecule has 0 saturated heterocycles. The fourth-order valence-corrected chi connectivity index (χ4v) is 0. The van der Waals surface area contributed by atoms with Gasteiger partial charge in [0.25, 0.3) is 0 Å². The number of hydrogen-bond donors (Lipinski definition) is 1. The van der Waals surface area contributed by atoms with Crippen LogP contribution in [0.15, 0.2) is 0 Å². The molecule has 4 heteroatoms. The van der Waals surface area contributed by atoms with Crippen LogP contribution in [0.5, 0.6) is 0 Å². The summed E-state index contributed by atoms with van der Waals surface area (Å²) in [7, 11) is 0. The Hall–Kier alpha value is 0.669. The summed E-state index contributed by atoms with van der Waals surface area (Å²) in [5.74, 6) is 0. The Morgan fingerprint density at radius 2 is 1.00 bits per heavy atom. The van der Waals surface area contributed by atoms with Crippen molar-refractivity contribution in [1.29, 1.82) is 0 Å². The Morgan fingerprint density at radius 1 is 1.00 bits per heavy atom. The van der Waals surface area contributed by atoms with Crippen LogP contribution in [0.4, 0.5) is 0 Å². The molecule has 4 heavy (non-hydrogen) atoms. The van der Waals surface area contributed by atoms with E-state index in [1.807, 2.05) is 0 Å². The maximum absolute atomic E-state index is 0. The number of rotatable bonds is 0. The second-order valence-electron chi connectivity index (χ2n) is 0. The van der Waals surface area contributed by atoms with Crippen molar-refractivity contribution < 1.29 is 26.4 Å². The van der Waals surface area contributed by atoms with Crippen LogP contribution in [0.3, 0.4) is 0 Å². The van der Waals surface area contributed by atoms with Crippen LogP contribution in [0.2, 0.25) is 0 Å². The third-order valence-corrected chi connectivity index (χ3v) is 0. The van der Waals surface area contributed by atoms with Gasteiger partial charge in [-0.2, -0.15) is 0 Å². The first kappa shape index (κ1) is 140. The summed E-state index contributed by atoms with van der Waals surface area (Å²) in [6.45, 7) is 0. The molecule has 0 aliphatic heterocycles. The van der Waals surface area contributed by atoms with Crippen molar-refractivity contribution in [2.45, 2.75) is 0 Å². The van der Waals surface area contributed by atoms with E-state index in [9.17, 15) is 0 Å². The van der Waals surface area contributed by atoms with Gasteiger partial charge < -0.3 is 10.9 Å². The summed E-state index contributed by atoms with van der Waals surface area (Å²) in [6, 6.07) is 0. The van der Waals surface area contributed by atoms with E-state index in [0.29, 0.717) is 0 Å². The van der Waals surface area contributed by atoms with Gasteiger partial charge in [0.05, 0.1) is 0 Å². The van der Waals surface area contributed by atoms with Crippen LogP contribution in [-0.2, 0) is 21.7 Å². The van der Waals surface area contributed by atoms with Gasteiger partial charge in [0.1, 0.15) is 0 Å². The second-order valence-corrected chi connectivity index (χ2v) is 0. The molecule has 0 unspecified atom stereocenters. The van der Waals surface area contributed by atoms with Gasteiger partial charge >= 0.3 is 0 Å². The Morgan fingerprint density at radius 3 is 1.00 bits per heavy atom. The molecular formula is H4BFNTi. The molecule has 4 N–H and O–H groups in total. The minimum absolute atomic E-state index is 0. The standard InChI is InChI=1S/B.FH.H3N.Ti/h;1H;1H3;. The smallest absolute Gasteiger partial charge is 0 e. The molecule has 0 heterocycles. The van der Waals surface area contributed by atoms with E-state index in [4.69, 9.17) is 0 Å². The molecule has 0 bridgehead atoms. The zero-order chi connectivity index (χ0) is 0. The van der Waals surface area contributed by atoms with E-state index in [1.165, 1.54) is 0 Å². The summed E-state index contributed by atoms with van der Waals surface area (Å²) in [6.07, 6.45) is 0. The van der Waals surface area contributed by atoms with Gasteiger partial charge in [0.15, 0.2) is 0 Å². The van der Waals surface area contributed by atoms with E-state index in [2.05, 4.69) is 0 Å². The molecule has 0 aliphatic carbocycles. The Bertz CT molecular complexity index is 8.00. The summed E-state index contributed by atoms with van der Waals surface area (Å²) in [5.41, 5.74) is 0. The number of hydrogen-bond acceptors (Lipinski definition) is 0. The first-order valence-electron chi connectivity index (χ1n) is 0. The quantitative estimate of drug-likeness (QED) is 0.312. The molecule has 3 radical (unpaired) electrons. The minimum Gasteiger partial charge on any atom is -1.00 e. The predicted molar refractivity (Wildman–Crippen MR) is 11.7 cm³/mol. The van der Waals surface area contributed by atoms with Gasteiger partial charge in [0.2, 0.25) is 0 Å². The van der Waals surface area contributed by atoms with E-state index >= 15 is 0 Å². The SMILES string of the molecule is [B].[F-].[NH4+].[Ti]. The first-order chi connectivity index (χ1) is 0. The monoisotopic (exact) mass is 96.0 g/mol. The first-order valence-corrected chi connectivity index (χ1v) is 0. The van der Waals surface area contributed by atoms with Gasteiger partial charge in [-0.25, -0.2) is 0 Å². The van der Waals surface area contributed by atoms with Crippen LogP contribution in [0.25, 0.3) is 0 Å². The zero-order valence-electron chi connectivity index (χ0n) is 2.46. The second kappa shape index (κ2) is 58.4. The molecule has 0 saturated carbocycles. The predicted octanol–water partition coefficient (Wildman–Crippen LogP) is -3.00. The summed E-state index contributed by atoms with van der Waals surface area (Å²) < 4.78 is 0. The molecule has 0 aliphatic rings. The summed E-state index contributed by atoms with van der Waals surface area (Å²) >= 11 is 0. The van der Waals surface area contributed by atoms with Gasteiger partial charge in [-0.3, -0.25) is 0 Å². The van der Waals surface area contributed by atoms with E-state index in [-0.39, 0.29) is 41.0 Å². The topological polar surface area (TPSA) is 36.5 Å². The average Bonchev–Trinajstić information content (AvgIpc) is 0. The fraction of sp³-hybridized carbons (Fsp3) is 0. The molecule has 1 nitrogen and oxygen atoms in total. The average molecular weight is 95.7 g/mol. The van der Waals surface area contributed by atoms with E-state index < -0.39 is 0 Å². The van der Waals surface area contributed by atoms with Crippen LogP contribution in [0, 0.1) is 0 Å². The third kappa shape index (κ3) is 16.6. The van der Waals surface area contributed by atoms with Crippen LogP contribution in [-0.4, -0.2) is 8.41 Å². The van der Waals surface area contributed by atoms with E-state index in [1.54, 1.807) is 0 Å². The van der Waals surface area contributed by atoms with Gasteiger partial charge in [-0.1, -0.05) is 0 Å². The van der Waals surface area contributed by atoms with Gasteiger partial charge in [0, 0.05) is 30.1 Å². The van der Waals surface area contributed by atoms with Crippen molar-refractivity contribution in [1.82, 2.24) is 6.15 Å². The van der Waals surface area contributed by atoms with Gasteiger partial charge in [-0.05, 0) is 0 Å². The maximum Gasteiger partial charge on any atom is 0 e. The molecular weight excluding hydrogens is 91.7 g/mol. The largest absolute Gasteiger partial charge is 1.00 e. The number of quaternary nitrogens is 1. The molecule has 0 aromatic carbocycles. The fourth-order valence-electron chi connectivity index (χ4n) is 0. The van der Waals surface area contributed by atoms with Crippen LogP contribution < -0.4 is 10.9 Å². The third-order valence-electron chi connectivity index (χ3n) is 0. The zero-order valence-corrected chi connectivity index (χ0v) is 4.02. The molecule has 23 valence electrons. The normalized spacial score (nSPS) is 0. The van der Waals surface area contributed by atoms with Crippen molar-refractivity contribution in [3.63, 3.8) is 0 Å². The number of halogens is 1. The minimum atomic E-state index is 0. The van der Waals surface area contributed by atoms with Crippen LogP contribution in [0.1, 0.15) is 0 Å². The van der Waals surface area contributed by atoms with Crippen molar-refractivity contribution in [3.05, 3.63) is 0 Å². The molecule has 0 spiro atoms. The van der Waals surface area contributed by atoms with Gasteiger partial charge in [-0.15, -0.1) is 0 Å². The van der Waals surface area contributed by atoms with Crippen LogP contribution >= 0.6 is 0 Å². The molecule has 0 rings (SSSR count). The van der Waals surface area contributed by atoms with Crippen molar-refractivity contribution in [3.8, 4) is 0 Å². The van der Waals surface area contributed by atoms with E-state index in [0.717, 1.165) is 0 Å². The molecule has 0 fully saturated rings. The Balaban J connectivity index is 0. The van der Waals surface area contributed by atoms with Crippen molar-refractivity contribution in [2.75, 3.05) is 0 Å². The van der Waals surface area contributed by atoms with Crippen molar-refractivity contribution >= 4 is 8.41 Å². The maximum atomic E-state index is 0. The Kier molecular flexibility index (Phi) is 2050. The summed E-state index contributed by atoms with van der Waals surface area (Å²) in [4.78, 5) is 0. The van der Waals surface area contributed by atoms with Crippen molar-refractivity contribution in [2.24, 2.45) is 0 Å². The molecule has 0 aromatic heterocycles. The Labute approximate surface area is 41.6 Å².